The van der Waals surface area contributed by atoms with Crippen molar-refractivity contribution >= 4 is 47.3 Å². The lowest BCUT2D eigenvalue weighted by Crippen LogP contribution is -2.66. The second kappa shape index (κ2) is 12.3. The molecule has 10 nitrogen and oxygen atoms in total. The van der Waals surface area contributed by atoms with Gasteiger partial charge in [-0.15, -0.1) is 12.4 Å². The third-order valence-electron chi connectivity index (χ3n) is 6.99. The molecule has 0 radical (unpaired) electrons. The lowest BCUT2D eigenvalue weighted by molar-refractivity contribution is -0.170. The largest absolute Gasteiger partial charge is 0.479 e. The number of anilines is 4. The number of methoxy groups -OCH3 is 2. The molecule has 5 rings (SSSR count). The number of nitrogens with two attached hydrogens (primary N) is 2. The van der Waals surface area contributed by atoms with Crippen molar-refractivity contribution in [1.82, 2.24) is 9.97 Å². The smallest absolute Gasteiger partial charge is 0.349 e. The number of Topliss-reactive ketones (excluding diaryl/α,β-unsaturated/α-hetero) is 1. The molecule has 1 aromatic heterocycles. The molecule has 11 heteroatoms. The monoisotopic (exact) mass is 585 g/mol. The number of aliphatic carboxylic acids is 1. The highest BCUT2D eigenvalue weighted by Gasteiger charge is 2.61. The van der Waals surface area contributed by atoms with Crippen LogP contribution >= 0.6 is 12.4 Å². The van der Waals surface area contributed by atoms with Crippen molar-refractivity contribution in [3.05, 3.63) is 107 Å². The number of ether oxygens (including phenoxy) is 2. The minimum absolute atomic E-state index is 0. The van der Waals surface area contributed by atoms with Gasteiger partial charge in [0, 0.05) is 49.2 Å². The highest BCUT2D eigenvalue weighted by atomic mass is 35.5. The SMILES string of the molecule is COC1N(c2ccccc2)c2ccc(C#Cc3ccccc3)c(Cc3cnc(N)nc3N)c2C(=O)C1(OC)C(=O)O.Cl. The van der Waals surface area contributed by atoms with Crippen LogP contribution in [0.25, 0.3) is 0 Å². The molecule has 1 aliphatic heterocycles. The Morgan fingerprint density at radius 3 is 2.29 bits per heavy atom. The van der Waals surface area contributed by atoms with E-state index in [1.165, 1.54) is 20.4 Å². The van der Waals surface area contributed by atoms with Gasteiger partial charge in [-0.2, -0.15) is 4.98 Å². The first-order valence-electron chi connectivity index (χ1n) is 12.6. The number of para-hydroxylation sites is 1. The van der Waals surface area contributed by atoms with Crippen LogP contribution < -0.4 is 16.4 Å². The number of carbonyl (C=O) groups excluding carboxylic acids is 1. The third-order valence-corrected chi connectivity index (χ3v) is 6.99. The molecule has 42 heavy (non-hydrogen) atoms. The van der Waals surface area contributed by atoms with Gasteiger partial charge in [-0.05, 0) is 42.0 Å². The second-order valence-corrected chi connectivity index (χ2v) is 9.28. The van der Waals surface area contributed by atoms with Crippen LogP contribution in [0.1, 0.15) is 32.6 Å². The van der Waals surface area contributed by atoms with Crippen molar-refractivity contribution in [3.63, 3.8) is 0 Å². The maximum Gasteiger partial charge on any atom is 0.349 e. The first-order valence-corrected chi connectivity index (χ1v) is 12.6. The number of nitrogen functional groups attached to an aromatic ring is 2. The summed E-state index contributed by atoms with van der Waals surface area (Å²) in [6, 6.07) is 21.9. The minimum Gasteiger partial charge on any atom is -0.479 e. The van der Waals surface area contributed by atoms with E-state index in [-0.39, 0.29) is 36.2 Å². The number of halogens is 1. The maximum atomic E-state index is 14.4. The Morgan fingerprint density at radius 2 is 1.69 bits per heavy atom. The third kappa shape index (κ3) is 5.12. The van der Waals surface area contributed by atoms with Crippen molar-refractivity contribution in [2.24, 2.45) is 0 Å². The topological polar surface area (TPSA) is 154 Å². The average molecular weight is 586 g/mol. The zero-order chi connectivity index (χ0) is 29.1. The Kier molecular flexibility index (Phi) is 8.78. The van der Waals surface area contributed by atoms with Gasteiger partial charge in [0.25, 0.3) is 5.60 Å². The van der Waals surface area contributed by atoms with Gasteiger partial charge in [0.15, 0.2) is 6.23 Å². The van der Waals surface area contributed by atoms with E-state index in [1.807, 2.05) is 36.4 Å². The number of fused-ring (bicyclic) bond motifs is 1. The molecule has 2 unspecified atom stereocenters. The predicted octanol–water partition coefficient (Wildman–Crippen LogP) is 3.83. The van der Waals surface area contributed by atoms with Gasteiger partial charge in [-0.3, -0.25) is 4.79 Å². The number of hydrogen-bond donors (Lipinski definition) is 3. The fourth-order valence-electron chi connectivity index (χ4n) is 5.04. The Morgan fingerprint density at radius 1 is 1.02 bits per heavy atom. The number of rotatable bonds is 6. The molecule has 0 saturated heterocycles. The van der Waals surface area contributed by atoms with Gasteiger partial charge in [-0.25, -0.2) is 9.78 Å². The highest BCUT2D eigenvalue weighted by molar-refractivity contribution is 6.21. The molecular formula is C31H28ClN5O5. The van der Waals surface area contributed by atoms with E-state index in [2.05, 4.69) is 21.8 Å². The second-order valence-electron chi connectivity index (χ2n) is 9.28. The molecule has 0 bridgehead atoms. The molecule has 0 saturated carbocycles. The molecule has 0 amide bonds. The normalized spacial score (nSPS) is 17.4. The Labute approximate surface area is 248 Å². The van der Waals surface area contributed by atoms with Crippen LogP contribution in [0.15, 0.2) is 79.0 Å². The summed E-state index contributed by atoms with van der Waals surface area (Å²) >= 11 is 0. The van der Waals surface area contributed by atoms with Crippen LogP contribution in [-0.2, 0) is 20.7 Å². The molecule has 1 aliphatic rings. The van der Waals surface area contributed by atoms with Crippen molar-refractivity contribution in [2.45, 2.75) is 18.2 Å². The Balaban J connectivity index is 0.00000405. The summed E-state index contributed by atoms with van der Waals surface area (Å²) in [6.45, 7) is 0. The van der Waals surface area contributed by atoms with Crippen molar-refractivity contribution in [1.29, 1.82) is 0 Å². The van der Waals surface area contributed by atoms with Crippen molar-refractivity contribution in [3.8, 4) is 11.8 Å². The number of carbonyl (C=O) groups is 2. The number of hydrogen-bond acceptors (Lipinski definition) is 9. The van der Waals surface area contributed by atoms with Gasteiger partial charge in [0.1, 0.15) is 5.82 Å². The molecule has 2 atom stereocenters. The number of carboxylic acids is 1. The number of aromatic nitrogens is 2. The van der Waals surface area contributed by atoms with E-state index in [4.69, 9.17) is 20.9 Å². The van der Waals surface area contributed by atoms with Crippen LogP contribution in [0.2, 0.25) is 0 Å². The van der Waals surface area contributed by atoms with E-state index in [9.17, 15) is 14.7 Å². The van der Waals surface area contributed by atoms with Gasteiger partial charge in [0.2, 0.25) is 11.7 Å². The maximum absolute atomic E-state index is 14.4. The highest BCUT2D eigenvalue weighted by Crippen LogP contribution is 2.45. The molecule has 0 aliphatic carbocycles. The summed E-state index contributed by atoms with van der Waals surface area (Å²) in [5.74, 6) is 4.14. The molecule has 5 N–H and O–H groups in total. The van der Waals surface area contributed by atoms with Gasteiger partial charge >= 0.3 is 5.97 Å². The minimum atomic E-state index is -2.40. The molecule has 4 aromatic rings. The zero-order valence-corrected chi connectivity index (χ0v) is 23.6. The lowest BCUT2D eigenvalue weighted by atomic mass is 9.79. The van der Waals surface area contributed by atoms with E-state index in [0.717, 1.165) is 5.56 Å². The van der Waals surface area contributed by atoms with Crippen LogP contribution in [0.4, 0.5) is 23.1 Å². The number of carboxylic acid groups (broad SMARTS) is 1. The lowest BCUT2D eigenvalue weighted by Gasteiger charge is -2.46. The van der Waals surface area contributed by atoms with Crippen LogP contribution in [0.3, 0.4) is 0 Å². The molecule has 0 spiro atoms. The van der Waals surface area contributed by atoms with Crippen molar-refractivity contribution in [2.75, 3.05) is 30.6 Å². The fraction of sp³-hybridized carbons (Fsp3) is 0.161. The zero-order valence-electron chi connectivity index (χ0n) is 22.8. The Hall–Kier alpha value is -4.95. The van der Waals surface area contributed by atoms with E-state index < -0.39 is 23.6 Å². The quantitative estimate of drug-likeness (QED) is 0.225. The molecule has 3 aromatic carbocycles. The first-order chi connectivity index (χ1) is 19.8. The summed E-state index contributed by atoms with van der Waals surface area (Å²) in [7, 11) is 2.51. The number of ketones is 1. The van der Waals surface area contributed by atoms with Crippen LogP contribution in [-0.4, -0.2) is 52.9 Å². The standard InChI is InChI=1S/C31H27N5O5.ClH/c1-40-28-31(41-2,29(38)39)26(37)25-23(17-21-18-34-30(33)35-27(21)32)20(14-13-19-9-5-3-6-10-19)15-16-24(25)36(28)22-11-7-4-8-12-22;/h3-12,15-16,18,28H,17H2,1-2H3,(H,38,39)(H4,32,33,34,35);1H. The number of nitrogens with zero attached hydrogens (tertiary/aromatic N) is 3. The first kappa shape index (κ1) is 30.0. The summed E-state index contributed by atoms with van der Waals surface area (Å²) < 4.78 is 11.3. The summed E-state index contributed by atoms with van der Waals surface area (Å²) in [4.78, 5) is 37.1. The summed E-state index contributed by atoms with van der Waals surface area (Å²) in [5, 5.41) is 10.5. The summed E-state index contributed by atoms with van der Waals surface area (Å²) in [6.07, 6.45) is 0.220. The van der Waals surface area contributed by atoms with Crippen LogP contribution in [0, 0.1) is 11.8 Å². The van der Waals surface area contributed by atoms with Gasteiger partial charge in [0.05, 0.1) is 11.3 Å². The Bertz CT molecular complexity index is 1690. The van der Waals surface area contributed by atoms with E-state index >= 15 is 0 Å². The molecule has 0 fully saturated rings. The molecule has 2 heterocycles. The number of benzene rings is 3. The average Bonchev–Trinajstić information content (AvgIpc) is 2.98. The van der Waals surface area contributed by atoms with Gasteiger partial charge < -0.3 is 30.9 Å². The predicted molar refractivity (Wildman–Crippen MR) is 161 cm³/mol. The van der Waals surface area contributed by atoms with Gasteiger partial charge in [-0.1, -0.05) is 48.2 Å². The molecular weight excluding hydrogens is 558 g/mol. The molecule has 214 valence electrons. The summed E-state index contributed by atoms with van der Waals surface area (Å²) in [5.41, 5.74) is 12.8. The fourth-order valence-corrected chi connectivity index (χ4v) is 5.04. The van der Waals surface area contributed by atoms with E-state index in [1.54, 1.807) is 41.3 Å². The van der Waals surface area contributed by atoms with E-state index in [0.29, 0.717) is 28.1 Å². The van der Waals surface area contributed by atoms with Crippen molar-refractivity contribution < 1.29 is 24.2 Å². The van der Waals surface area contributed by atoms with Crippen LogP contribution in [0.5, 0.6) is 0 Å².